The van der Waals surface area contributed by atoms with E-state index in [2.05, 4.69) is 10.1 Å². The summed E-state index contributed by atoms with van der Waals surface area (Å²) in [6.45, 7) is 2.11. The summed E-state index contributed by atoms with van der Waals surface area (Å²) >= 11 is 0. The van der Waals surface area contributed by atoms with Gasteiger partial charge in [-0.15, -0.1) is 0 Å². The number of ether oxygens (including phenoxy) is 1. The molecule has 1 aliphatic rings. The average molecular weight is 272 g/mol. The number of carboxylic acid groups (broad SMARTS) is 1. The number of rotatable bonds is 4. The Morgan fingerprint density at radius 1 is 1.42 bits per heavy atom. The molecule has 108 valence electrons. The molecule has 1 rings (SSSR count). The van der Waals surface area contributed by atoms with E-state index in [-0.39, 0.29) is 6.42 Å². The number of hydrogen-bond acceptors (Lipinski definition) is 4. The fraction of sp³-hybridized carbons (Fsp3) is 0.750. The lowest BCUT2D eigenvalue weighted by molar-refractivity contribution is -0.146. The second kappa shape index (κ2) is 6.96. The van der Waals surface area contributed by atoms with Crippen molar-refractivity contribution in [2.45, 2.75) is 44.7 Å². The number of piperidine rings is 1. The highest BCUT2D eigenvalue weighted by Crippen LogP contribution is 2.18. The molecule has 7 nitrogen and oxygen atoms in total. The fourth-order valence-corrected chi connectivity index (χ4v) is 2.13. The van der Waals surface area contributed by atoms with Crippen molar-refractivity contribution < 1.29 is 24.2 Å². The van der Waals surface area contributed by atoms with Crippen molar-refractivity contribution >= 4 is 18.0 Å². The van der Waals surface area contributed by atoms with Gasteiger partial charge in [-0.2, -0.15) is 0 Å². The Bertz CT molecular complexity index is 358. The highest BCUT2D eigenvalue weighted by atomic mass is 16.5. The van der Waals surface area contributed by atoms with Gasteiger partial charge in [-0.25, -0.2) is 14.4 Å². The van der Waals surface area contributed by atoms with Crippen LogP contribution >= 0.6 is 0 Å². The van der Waals surface area contributed by atoms with Crippen molar-refractivity contribution in [1.82, 2.24) is 10.2 Å². The largest absolute Gasteiger partial charge is 0.480 e. The maximum Gasteiger partial charge on any atom is 0.328 e. The summed E-state index contributed by atoms with van der Waals surface area (Å²) < 4.78 is 4.67. The molecule has 0 radical (unpaired) electrons. The number of nitrogens with one attached hydrogen (secondary N) is 1. The second-order valence-corrected chi connectivity index (χ2v) is 4.48. The number of carbonyl (C=O) groups excluding carboxylic acids is 2. The van der Waals surface area contributed by atoms with Crippen LogP contribution in [0.15, 0.2) is 0 Å². The Kier molecular flexibility index (Phi) is 5.59. The van der Waals surface area contributed by atoms with Crippen molar-refractivity contribution in [3.8, 4) is 0 Å². The second-order valence-electron chi connectivity index (χ2n) is 4.48. The average Bonchev–Trinajstić information content (AvgIpc) is 2.43. The van der Waals surface area contributed by atoms with Gasteiger partial charge in [0, 0.05) is 6.54 Å². The molecule has 0 saturated carbocycles. The molecule has 0 aromatic heterocycles. The van der Waals surface area contributed by atoms with Crippen LogP contribution < -0.4 is 5.32 Å². The van der Waals surface area contributed by atoms with Crippen LogP contribution in [0, 0.1) is 0 Å². The monoisotopic (exact) mass is 272 g/mol. The number of aliphatic carboxylic acids is 1. The molecule has 2 atom stereocenters. The van der Waals surface area contributed by atoms with E-state index in [0.29, 0.717) is 13.0 Å². The number of urea groups is 1. The minimum absolute atomic E-state index is 0.289. The van der Waals surface area contributed by atoms with Crippen LogP contribution in [0.3, 0.4) is 0 Å². The summed E-state index contributed by atoms with van der Waals surface area (Å²) in [5.41, 5.74) is 0. The quantitative estimate of drug-likeness (QED) is 0.730. The number of carboxylic acids is 1. The Hall–Kier alpha value is -1.79. The Morgan fingerprint density at radius 2 is 2.11 bits per heavy atom. The van der Waals surface area contributed by atoms with Gasteiger partial charge in [0.25, 0.3) is 0 Å². The van der Waals surface area contributed by atoms with Crippen LogP contribution in [0.1, 0.15) is 32.6 Å². The van der Waals surface area contributed by atoms with Crippen LogP contribution in [0.4, 0.5) is 4.79 Å². The molecule has 0 spiro atoms. The molecule has 1 fully saturated rings. The third kappa shape index (κ3) is 3.84. The lowest BCUT2D eigenvalue weighted by Gasteiger charge is -2.34. The van der Waals surface area contributed by atoms with Crippen molar-refractivity contribution in [3.05, 3.63) is 0 Å². The van der Waals surface area contributed by atoms with Gasteiger partial charge in [0.2, 0.25) is 0 Å². The van der Waals surface area contributed by atoms with Gasteiger partial charge in [-0.05, 0) is 25.7 Å². The minimum Gasteiger partial charge on any atom is -0.480 e. The van der Waals surface area contributed by atoms with Crippen LogP contribution in [-0.2, 0) is 14.3 Å². The van der Waals surface area contributed by atoms with Gasteiger partial charge in [0.1, 0.15) is 12.1 Å². The van der Waals surface area contributed by atoms with Crippen LogP contribution in [-0.4, -0.2) is 53.7 Å². The zero-order valence-electron chi connectivity index (χ0n) is 11.2. The van der Waals surface area contributed by atoms with Crippen LogP contribution in [0.5, 0.6) is 0 Å². The van der Waals surface area contributed by atoms with Gasteiger partial charge >= 0.3 is 18.0 Å². The molecule has 2 N–H and O–H groups in total. The van der Waals surface area contributed by atoms with Crippen molar-refractivity contribution in [2.75, 3.05) is 13.7 Å². The standard InChI is InChI=1S/C12H20N2O5/c1-3-8(10(15)16)13-12(18)14-7-5-4-6-9(14)11(17)19-2/h8-9H,3-7H2,1-2H3,(H,13,18)(H,15,16)/t8-,9?/m1/s1. The van der Waals surface area contributed by atoms with E-state index in [1.807, 2.05) is 0 Å². The minimum atomic E-state index is -1.08. The van der Waals surface area contributed by atoms with Gasteiger partial charge in [-0.1, -0.05) is 6.92 Å². The maximum atomic E-state index is 12.0. The highest BCUT2D eigenvalue weighted by Gasteiger charge is 2.34. The molecular weight excluding hydrogens is 252 g/mol. The van der Waals surface area contributed by atoms with E-state index < -0.39 is 30.1 Å². The van der Waals surface area contributed by atoms with Crippen molar-refractivity contribution in [2.24, 2.45) is 0 Å². The first-order valence-electron chi connectivity index (χ1n) is 6.39. The van der Waals surface area contributed by atoms with E-state index in [1.54, 1.807) is 6.92 Å². The molecular formula is C12H20N2O5. The molecule has 19 heavy (non-hydrogen) atoms. The van der Waals surface area contributed by atoms with Crippen molar-refractivity contribution in [1.29, 1.82) is 0 Å². The van der Waals surface area contributed by atoms with Gasteiger partial charge < -0.3 is 20.1 Å². The molecule has 1 unspecified atom stereocenters. The smallest absolute Gasteiger partial charge is 0.328 e. The summed E-state index contributed by atoms with van der Waals surface area (Å²) in [7, 11) is 1.28. The molecule has 0 aliphatic carbocycles. The predicted octanol–water partition coefficient (Wildman–Crippen LogP) is 0.587. The first-order valence-corrected chi connectivity index (χ1v) is 6.39. The van der Waals surface area contributed by atoms with Gasteiger partial charge in [0.05, 0.1) is 7.11 Å². The van der Waals surface area contributed by atoms with Crippen molar-refractivity contribution in [3.63, 3.8) is 0 Å². The number of likely N-dealkylation sites (tertiary alicyclic amines) is 1. The fourth-order valence-electron chi connectivity index (χ4n) is 2.13. The Morgan fingerprint density at radius 3 is 2.63 bits per heavy atom. The third-order valence-corrected chi connectivity index (χ3v) is 3.24. The zero-order valence-corrected chi connectivity index (χ0v) is 11.2. The SMILES string of the molecule is CC[C@@H](NC(=O)N1CCCCC1C(=O)OC)C(=O)O. The maximum absolute atomic E-state index is 12.0. The lowest BCUT2D eigenvalue weighted by Crippen LogP contribution is -2.55. The van der Waals surface area contributed by atoms with E-state index in [0.717, 1.165) is 12.8 Å². The summed E-state index contributed by atoms with van der Waals surface area (Å²) in [6, 6.07) is -2.08. The first-order chi connectivity index (χ1) is 9.01. The third-order valence-electron chi connectivity index (χ3n) is 3.24. The molecule has 1 aliphatic heterocycles. The van der Waals surface area contributed by atoms with E-state index in [1.165, 1.54) is 12.0 Å². The van der Waals surface area contributed by atoms with Crippen LogP contribution in [0.2, 0.25) is 0 Å². The van der Waals surface area contributed by atoms with E-state index >= 15 is 0 Å². The Balaban J connectivity index is 2.71. The number of hydrogen-bond donors (Lipinski definition) is 2. The molecule has 0 bridgehead atoms. The number of amides is 2. The highest BCUT2D eigenvalue weighted by molar-refractivity contribution is 5.86. The molecule has 1 saturated heterocycles. The summed E-state index contributed by atoms with van der Waals surface area (Å²) in [4.78, 5) is 35.9. The molecule has 0 aromatic rings. The summed E-state index contributed by atoms with van der Waals surface area (Å²) in [5.74, 6) is -1.54. The van der Waals surface area contributed by atoms with Gasteiger partial charge in [0.15, 0.2) is 0 Å². The molecule has 7 heteroatoms. The number of esters is 1. The summed E-state index contributed by atoms with van der Waals surface area (Å²) in [5, 5.41) is 11.3. The lowest BCUT2D eigenvalue weighted by atomic mass is 10.0. The molecule has 1 heterocycles. The first kappa shape index (κ1) is 15.3. The zero-order chi connectivity index (χ0) is 14.4. The predicted molar refractivity (Wildman–Crippen MR) is 66.6 cm³/mol. The molecule has 2 amide bonds. The normalized spacial score (nSPS) is 20.5. The van der Waals surface area contributed by atoms with Gasteiger partial charge in [-0.3, -0.25) is 0 Å². The van der Waals surface area contributed by atoms with Crippen LogP contribution in [0.25, 0.3) is 0 Å². The van der Waals surface area contributed by atoms with E-state index in [4.69, 9.17) is 5.11 Å². The Labute approximate surface area is 111 Å². The summed E-state index contributed by atoms with van der Waals surface area (Å²) in [6.07, 6.45) is 2.48. The molecule has 0 aromatic carbocycles. The number of carbonyl (C=O) groups is 3. The topological polar surface area (TPSA) is 95.9 Å². The van der Waals surface area contributed by atoms with E-state index in [9.17, 15) is 14.4 Å². The number of methoxy groups -OCH3 is 1. The number of nitrogens with zero attached hydrogens (tertiary/aromatic N) is 1.